The van der Waals surface area contributed by atoms with Gasteiger partial charge in [0.25, 0.3) is 0 Å². The maximum atomic E-state index is 11.6. The molecule has 126 valence electrons. The van der Waals surface area contributed by atoms with Gasteiger partial charge in [-0.1, -0.05) is 6.92 Å². The van der Waals surface area contributed by atoms with Gasteiger partial charge in [0, 0.05) is 13.6 Å². The van der Waals surface area contributed by atoms with Crippen molar-refractivity contribution in [1.82, 2.24) is 10.6 Å². The smallest absolute Gasteiger partial charge is 0.325 e. The molecule has 1 aromatic heterocycles. The molecule has 7 heteroatoms. The number of aliphatic imine (C=N–C) groups is 1. The fraction of sp³-hybridized carbons (Fsp3) is 0.600. The molecule has 0 amide bonds. The van der Waals surface area contributed by atoms with Gasteiger partial charge in [0.1, 0.15) is 12.1 Å². The minimum absolute atomic E-state index is 0. The van der Waals surface area contributed by atoms with Crippen molar-refractivity contribution in [3.05, 3.63) is 22.4 Å². The molecule has 1 heterocycles. The van der Waals surface area contributed by atoms with E-state index in [4.69, 9.17) is 4.74 Å². The van der Waals surface area contributed by atoms with Gasteiger partial charge < -0.3 is 15.4 Å². The number of esters is 1. The largest absolute Gasteiger partial charge is 0.459 e. The summed E-state index contributed by atoms with van der Waals surface area (Å²) < 4.78 is 5.23. The van der Waals surface area contributed by atoms with Crippen LogP contribution in [0.1, 0.15) is 39.2 Å². The summed E-state index contributed by atoms with van der Waals surface area (Å²) in [4.78, 5) is 15.7. The van der Waals surface area contributed by atoms with Gasteiger partial charge in [-0.2, -0.15) is 11.3 Å². The van der Waals surface area contributed by atoms with E-state index in [1.54, 1.807) is 18.4 Å². The summed E-state index contributed by atoms with van der Waals surface area (Å²) in [6, 6.07) is 2.12. The van der Waals surface area contributed by atoms with Gasteiger partial charge in [-0.15, -0.1) is 24.0 Å². The van der Waals surface area contributed by atoms with Gasteiger partial charge in [-0.05, 0) is 49.1 Å². The molecule has 1 unspecified atom stereocenters. The van der Waals surface area contributed by atoms with Crippen LogP contribution in [0, 0.1) is 0 Å². The molecule has 0 fully saturated rings. The van der Waals surface area contributed by atoms with Crippen molar-refractivity contribution < 1.29 is 9.53 Å². The van der Waals surface area contributed by atoms with Crippen LogP contribution in [-0.4, -0.2) is 37.7 Å². The highest BCUT2D eigenvalue weighted by Gasteiger charge is 2.16. The summed E-state index contributed by atoms with van der Waals surface area (Å²) in [6.45, 7) is 8.55. The number of hydrogen-bond acceptors (Lipinski definition) is 4. The number of thiophene rings is 1. The molecule has 1 rings (SSSR count). The predicted molar refractivity (Wildman–Crippen MR) is 103 cm³/mol. The molecule has 0 bridgehead atoms. The van der Waals surface area contributed by atoms with Crippen LogP contribution in [0.25, 0.3) is 0 Å². The number of rotatable bonds is 5. The van der Waals surface area contributed by atoms with Gasteiger partial charge in [0.05, 0.1) is 0 Å². The van der Waals surface area contributed by atoms with Crippen molar-refractivity contribution in [1.29, 1.82) is 0 Å². The standard InChI is InChI=1S/C15H25N3O2S.HI/c1-11(12-6-7-21-10-12)8-17-14(16-5)18-9-13(19)20-15(2,3)4;/h6-7,10-11H,8-9H2,1-5H3,(H2,16,17,18);1H. The third kappa shape index (κ3) is 8.57. The van der Waals surface area contributed by atoms with E-state index in [1.165, 1.54) is 5.56 Å². The normalized spacial score (nSPS) is 13.0. The molecule has 0 aliphatic rings. The third-order valence-corrected chi connectivity index (χ3v) is 3.43. The van der Waals surface area contributed by atoms with E-state index in [0.717, 1.165) is 6.54 Å². The Balaban J connectivity index is 0.00000441. The summed E-state index contributed by atoms with van der Waals surface area (Å²) in [5.41, 5.74) is 0.832. The van der Waals surface area contributed by atoms with Crippen LogP contribution in [0.5, 0.6) is 0 Å². The molecule has 1 atom stereocenters. The molecule has 0 aliphatic heterocycles. The zero-order valence-electron chi connectivity index (χ0n) is 13.8. The molecule has 0 radical (unpaired) electrons. The molecular weight excluding hydrogens is 413 g/mol. The lowest BCUT2D eigenvalue weighted by Crippen LogP contribution is -2.42. The number of halogens is 1. The maximum absolute atomic E-state index is 11.6. The number of guanidine groups is 1. The van der Waals surface area contributed by atoms with Crippen LogP contribution in [0.2, 0.25) is 0 Å². The zero-order chi connectivity index (χ0) is 15.9. The number of nitrogens with one attached hydrogen (secondary N) is 2. The van der Waals surface area contributed by atoms with Crippen LogP contribution in [0.3, 0.4) is 0 Å². The molecule has 5 nitrogen and oxygen atoms in total. The summed E-state index contributed by atoms with van der Waals surface area (Å²) in [5, 5.41) is 10.4. The van der Waals surface area contributed by atoms with E-state index in [-0.39, 0.29) is 36.5 Å². The van der Waals surface area contributed by atoms with Gasteiger partial charge in [-0.25, -0.2) is 0 Å². The van der Waals surface area contributed by atoms with Crippen molar-refractivity contribution >= 4 is 47.2 Å². The third-order valence-electron chi connectivity index (χ3n) is 2.73. The second-order valence-corrected chi connectivity index (χ2v) is 6.63. The highest BCUT2D eigenvalue weighted by molar-refractivity contribution is 14.0. The van der Waals surface area contributed by atoms with Crippen LogP contribution in [-0.2, 0) is 9.53 Å². The van der Waals surface area contributed by atoms with Gasteiger partial charge in [-0.3, -0.25) is 9.79 Å². The fourth-order valence-electron chi connectivity index (χ4n) is 1.68. The lowest BCUT2D eigenvalue weighted by atomic mass is 10.1. The first-order chi connectivity index (χ1) is 9.81. The lowest BCUT2D eigenvalue weighted by molar-refractivity contribution is -0.153. The first-order valence-electron chi connectivity index (χ1n) is 7.00. The summed E-state index contributed by atoms with van der Waals surface area (Å²) in [5.74, 6) is 0.690. The highest BCUT2D eigenvalue weighted by Crippen LogP contribution is 2.16. The van der Waals surface area contributed by atoms with Crippen LogP contribution >= 0.6 is 35.3 Å². The monoisotopic (exact) mass is 439 g/mol. The Hall–Kier alpha value is -0.830. The minimum atomic E-state index is -0.469. The quantitative estimate of drug-likeness (QED) is 0.321. The van der Waals surface area contributed by atoms with Gasteiger partial charge in [0.15, 0.2) is 5.96 Å². The van der Waals surface area contributed by atoms with Crippen LogP contribution < -0.4 is 10.6 Å². The molecule has 0 aliphatic carbocycles. The van der Waals surface area contributed by atoms with E-state index >= 15 is 0 Å². The fourth-order valence-corrected chi connectivity index (χ4v) is 2.46. The number of carbonyl (C=O) groups excluding carboxylic acids is 1. The molecule has 22 heavy (non-hydrogen) atoms. The molecule has 0 saturated heterocycles. The van der Waals surface area contributed by atoms with Crippen molar-refractivity contribution in [3.63, 3.8) is 0 Å². The Bertz CT molecular complexity index is 470. The predicted octanol–water partition coefficient (Wildman–Crippen LogP) is 2.98. The average Bonchev–Trinajstić information content (AvgIpc) is 2.90. The topological polar surface area (TPSA) is 62.7 Å². The summed E-state index contributed by atoms with van der Waals surface area (Å²) in [7, 11) is 1.68. The Kier molecular flexibility index (Phi) is 9.66. The maximum Gasteiger partial charge on any atom is 0.325 e. The number of hydrogen-bond donors (Lipinski definition) is 2. The summed E-state index contributed by atoms with van der Waals surface area (Å²) in [6.07, 6.45) is 0. The van der Waals surface area contributed by atoms with E-state index in [0.29, 0.717) is 11.9 Å². The Morgan fingerprint density at radius 1 is 1.41 bits per heavy atom. The second-order valence-electron chi connectivity index (χ2n) is 5.85. The zero-order valence-corrected chi connectivity index (χ0v) is 17.0. The number of nitrogens with zero attached hydrogens (tertiary/aromatic N) is 1. The molecule has 0 spiro atoms. The Morgan fingerprint density at radius 2 is 2.09 bits per heavy atom. The second kappa shape index (κ2) is 10.0. The van der Waals surface area contributed by atoms with Crippen molar-refractivity contribution in [2.24, 2.45) is 4.99 Å². The SMILES string of the molecule is CN=C(NCC(=O)OC(C)(C)C)NCC(C)c1ccsc1.I. The van der Waals surface area contributed by atoms with E-state index in [2.05, 4.69) is 39.4 Å². The first-order valence-corrected chi connectivity index (χ1v) is 7.94. The van der Waals surface area contributed by atoms with Gasteiger partial charge in [0.2, 0.25) is 0 Å². The van der Waals surface area contributed by atoms with Crippen molar-refractivity contribution in [2.45, 2.75) is 39.2 Å². The molecule has 0 aromatic carbocycles. The van der Waals surface area contributed by atoms with Crippen LogP contribution in [0.15, 0.2) is 21.8 Å². The van der Waals surface area contributed by atoms with E-state index in [1.807, 2.05) is 20.8 Å². The highest BCUT2D eigenvalue weighted by atomic mass is 127. The van der Waals surface area contributed by atoms with E-state index in [9.17, 15) is 4.79 Å². The first kappa shape index (κ1) is 21.2. The molecule has 2 N–H and O–H groups in total. The van der Waals surface area contributed by atoms with Gasteiger partial charge >= 0.3 is 5.97 Å². The van der Waals surface area contributed by atoms with Crippen molar-refractivity contribution in [2.75, 3.05) is 20.1 Å². The molecule has 0 saturated carbocycles. The number of carbonyl (C=O) groups is 1. The van der Waals surface area contributed by atoms with Crippen LogP contribution in [0.4, 0.5) is 0 Å². The summed E-state index contributed by atoms with van der Waals surface area (Å²) >= 11 is 1.69. The lowest BCUT2D eigenvalue weighted by Gasteiger charge is -2.20. The van der Waals surface area contributed by atoms with E-state index < -0.39 is 5.60 Å². The molecule has 1 aromatic rings. The molecular formula is C15H26IN3O2S. The average molecular weight is 439 g/mol. The number of ether oxygens (including phenoxy) is 1. The minimum Gasteiger partial charge on any atom is -0.459 e. The Morgan fingerprint density at radius 3 is 2.59 bits per heavy atom. The Labute approximate surface area is 154 Å². The van der Waals surface area contributed by atoms with Crippen molar-refractivity contribution in [3.8, 4) is 0 Å².